The number of hydrogen-bond acceptors (Lipinski definition) is 3. The number of aliphatic carboxylic acids is 1. The van der Waals surface area contributed by atoms with Gasteiger partial charge in [-0.15, -0.1) is 0 Å². The highest BCUT2D eigenvalue weighted by Gasteiger charge is 2.42. The number of halogens is 3. The number of hydrogen-bond donors (Lipinski definition) is 1. The Labute approximate surface area is 207 Å². The number of carboxylic acids is 1. The van der Waals surface area contributed by atoms with Gasteiger partial charge in [-0.25, -0.2) is 13.6 Å². The smallest absolute Gasteiger partial charge is 0.341 e. The van der Waals surface area contributed by atoms with Gasteiger partial charge in [-0.3, -0.25) is 0 Å². The summed E-state index contributed by atoms with van der Waals surface area (Å²) < 4.78 is 40.2. The SMILES string of the molecule is C=C(C)[C@H]1C[C@H](c2ccccc2Cl)[C@H](c2ccc(F)cc2)O[C@@H]1c1cc(F)ccc1OCC(=O)O. The number of carbonyl (C=O) groups is 1. The lowest BCUT2D eigenvalue weighted by Gasteiger charge is -2.43. The fourth-order valence-corrected chi connectivity index (χ4v) is 4.94. The molecule has 1 aliphatic heterocycles. The van der Waals surface area contributed by atoms with Gasteiger partial charge in [0.25, 0.3) is 0 Å². The normalized spacial score (nSPS) is 21.9. The highest BCUT2D eigenvalue weighted by Crippen LogP contribution is 2.54. The van der Waals surface area contributed by atoms with Gasteiger partial charge >= 0.3 is 5.97 Å². The first kappa shape index (κ1) is 24.9. The Bertz CT molecular complexity index is 1230. The first-order chi connectivity index (χ1) is 16.7. The van der Waals surface area contributed by atoms with Crippen molar-refractivity contribution in [1.29, 1.82) is 0 Å². The Kier molecular flexibility index (Phi) is 7.53. The van der Waals surface area contributed by atoms with Gasteiger partial charge in [-0.05, 0) is 60.9 Å². The lowest BCUT2D eigenvalue weighted by Crippen LogP contribution is -2.32. The molecular formula is C28H25ClF2O4. The van der Waals surface area contributed by atoms with E-state index < -0.39 is 30.6 Å². The third-order valence-electron chi connectivity index (χ3n) is 6.30. The maximum absolute atomic E-state index is 14.4. The van der Waals surface area contributed by atoms with Gasteiger partial charge < -0.3 is 14.6 Å². The summed E-state index contributed by atoms with van der Waals surface area (Å²) in [4.78, 5) is 11.1. The molecule has 1 aliphatic rings. The summed E-state index contributed by atoms with van der Waals surface area (Å²) in [5.74, 6) is -2.24. The molecule has 1 heterocycles. The fourth-order valence-electron chi connectivity index (χ4n) is 4.66. The minimum absolute atomic E-state index is 0.191. The summed E-state index contributed by atoms with van der Waals surface area (Å²) in [6, 6.07) is 17.5. The maximum Gasteiger partial charge on any atom is 0.341 e. The summed E-state index contributed by atoms with van der Waals surface area (Å²) in [6.07, 6.45) is -0.645. The molecule has 0 radical (unpaired) electrons. The van der Waals surface area contributed by atoms with Crippen LogP contribution < -0.4 is 4.74 Å². The molecule has 0 saturated carbocycles. The fraction of sp³-hybridized carbons (Fsp3) is 0.250. The molecule has 0 amide bonds. The molecule has 4 atom stereocenters. The summed E-state index contributed by atoms with van der Waals surface area (Å²) in [5.41, 5.74) is 2.84. The van der Waals surface area contributed by atoms with Crippen LogP contribution in [0, 0.1) is 17.6 Å². The van der Waals surface area contributed by atoms with Gasteiger partial charge in [0.2, 0.25) is 0 Å². The number of carboxylic acid groups (broad SMARTS) is 1. The molecule has 7 heteroatoms. The van der Waals surface area contributed by atoms with Gasteiger partial charge in [0.05, 0.1) is 12.2 Å². The Morgan fingerprint density at radius 2 is 1.74 bits per heavy atom. The zero-order valence-electron chi connectivity index (χ0n) is 19.1. The van der Waals surface area contributed by atoms with E-state index in [1.54, 1.807) is 12.1 Å². The maximum atomic E-state index is 14.4. The molecule has 0 bridgehead atoms. The third kappa shape index (κ3) is 5.55. The predicted octanol–water partition coefficient (Wildman–Crippen LogP) is 7.26. The molecule has 1 saturated heterocycles. The Morgan fingerprint density at radius 3 is 2.40 bits per heavy atom. The minimum atomic E-state index is -1.15. The molecule has 0 aliphatic carbocycles. The van der Waals surface area contributed by atoms with E-state index in [1.807, 2.05) is 31.2 Å². The predicted molar refractivity (Wildman–Crippen MR) is 130 cm³/mol. The molecule has 0 spiro atoms. The van der Waals surface area contributed by atoms with Crippen molar-refractivity contribution in [3.05, 3.63) is 112 Å². The van der Waals surface area contributed by atoms with Crippen LogP contribution in [0.4, 0.5) is 8.78 Å². The van der Waals surface area contributed by atoms with E-state index in [1.165, 1.54) is 30.3 Å². The van der Waals surface area contributed by atoms with E-state index in [4.69, 9.17) is 26.2 Å². The zero-order valence-corrected chi connectivity index (χ0v) is 19.8. The van der Waals surface area contributed by atoms with Crippen LogP contribution >= 0.6 is 11.6 Å². The number of benzene rings is 3. The Hall–Kier alpha value is -3.22. The van der Waals surface area contributed by atoms with E-state index in [2.05, 4.69) is 6.58 Å². The Balaban J connectivity index is 1.82. The quantitative estimate of drug-likeness (QED) is 0.348. The van der Waals surface area contributed by atoms with Gasteiger partial charge in [-0.2, -0.15) is 0 Å². The molecule has 4 nitrogen and oxygen atoms in total. The summed E-state index contributed by atoms with van der Waals surface area (Å²) >= 11 is 6.57. The van der Waals surface area contributed by atoms with Gasteiger partial charge in [0.1, 0.15) is 17.4 Å². The Morgan fingerprint density at radius 1 is 1.06 bits per heavy atom. The van der Waals surface area contributed by atoms with E-state index in [-0.39, 0.29) is 23.4 Å². The molecule has 1 N–H and O–H groups in total. The van der Waals surface area contributed by atoms with Crippen molar-refractivity contribution in [1.82, 2.24) is 0 Å². The average molecular weight is 499 g/mol. The largest absolute Gasteiger partial charge is 0.482 e. The first-order valence-electron chi connectivity index (χ1n) is 11.2. The highest BCUT2D eigenvalue weighted by molar-refractivity contribution is 6.31. The first-order valence-corrected chi connectivity index (χ1v) is 11.6. The lowest BCUT2D eigenvalue weighted by atomic mass is 9.74. The number of rotatable bonds is 7. The van der Waals surface area contributed by atoms with Crippen molar-refractivity contribution in [2.75, 3.05) is 6.61 Å². The molecule has 0 aromatic heterocycles. The van der Waals surface area contributed by atoms with E-state index in [9.17, 15) is 13.6 Å². The van der Waals surface area contributed by atoms with Gasteiger partial charge in [0.15, 0.2) is 6.61 Å². The zero-order chi connectivity index (χ0) is 25.1. The molecule has 35 heavy (non-hydrogen) atoms. The monoisotopic (exact) mass is 498 g/mol. The van der Waals surface area contributed by atoms with E-state index in [0.29, 0.717) is 17.0 Å². The van der Waals surface area contributed by atoms with Crippen LogP contribution in [0.15, 0.2) is 78.9 Å². The van der Waals surface area contributed by atoms with Crippen LogP contribution in [0.5, 0.6) is 5.75 Å². The molecular weight excluding hydrogens is 474 g/mol. The third-order valence-corrected chi connectivity index (χ3v) is 6.64. The summed E-state index contributed by atoms with van der Waals surface area (Å²) in [5, 5.41) is 9.67. The standard InChI is InChI=1S/C28H25ClF2O4/c1-16(2)21-14-22(20-5-3-4-6-24(20)29)27(17-7-9-18(30)10-8-17)35-28(21)23-13-19(31)11-12-25(23)34-15-26(32)33/h3-13,21-22,27-28H,1,14-15H2,2H3,(H,32,33)/t21-,22-,27+,28+/m1/s1. The van der Waals surface area contributed by atoms with Crippen LogP contribution in [0.1, 0.15) is 48.2 Å². The van der Waals surface area contributed by atoms with Gasteiger partial charge in [-0.1, -0.05) is 54.1 Å². The van der Waals surface area contributed by atoms with Crippen LogP contribution in [-0.4, -0.2) is 17.7 Å². The van der Waals surface area contributed by atoms with Crippen LogP contribution in [0.2, 0.25) is 5.02 Å². The molecule has 182 valence electrons. The lowest BCUT2D eigenvalue weighted by molar-refractivity contribution is -0.139. The van der Waals surface area contributed by atoms with E-state index in [0.717, 1.165) is 16.7 Å². The highest BCUT2D eigenvalue weighted by atomic mass is 35.5. The summed E-state index contributed by atoms with van der Waals surface area (Å²) in [7, 11) is 0. The van der Waals surface area contributed by atoms with Crippen molar-refractivity contribution in [2.45, 2.75) is 31.5 Å². The van der Waals surface area contributed by atoms with Crippen LogP contribution in [0.25, 0.3) is 0 Å². The second kappa shape index (κ2) is 10.6. The van der Waals surface area contributed by atoms with Gasteiger partial charge in [0, 0.05) is 22.4 Å². The second-order valence-corrected chi connectivity index (χ2v) is 9.12. The van der Waals surface area contributed by atoms with Crippen molar-refractivity contribution in [3.8, 4) is 5.75 Å². The average Bonchev–Trinajstić information content (AvgIpc) is 2.83. The molecule has 0 unspecified atom stereocenters. The van der Waals surface area contributed by atoms with Crippen LogP contribution in [0.3, 0.4) is 0 Å². The molecule has 3 aromatic carbocycles. The second-order valence-electron chi connectivity index (χ2n) is 8.71. The summed E-state index contributed by atoms with van der Waals surface area (Å²) in [6.45, 7) is 5.45. The molecule has 4 rings (SSSR count). The van der Waals surface area contributed by atoms with Crippen molar-refractivity contribution in [3.63, 3.8) is 0 Å². The van der Waals surface area contributed by atoms with Crippen molar-refractivity contribution < 1.29 is 28.2 Å². The molecule has 1 fully saturated rings. The van der Waals surface area contributed by atoms with Crippen LogP contribution in [-0.2, 0) is 9.53 Å². The van der Waals surface area contributed by atoms with Crippen molar-refractivity contribution in [2.24, 2.45) is 5.92 Å². The van der Waals surface area contributed by atoms with Crippen molar-refractivity contribution >= 4 is 17.6 Å². The minimum Gasteiger partial charge on any atom is -0.482 e. The molecule has 3 aromatic rings. The van der Waals surface area contributed by atoms with E-state index >= 15 is 0 Å². The number of ether oxygens (including phenoxy) is 2. The topological polar surface area (TPSA) is 55.8 Å².